The molecule has 0 aliphatic heterocycles. The number of nitrogens with one attached hydrogen (secondary N) is 1. The van der Waals surface area contributed by atoms with Gasteiger partial charge < -0.3 is 10.4 Å². The van der Waals surface area contributed by atoms with Crippen LogP contribution in [0.4, 0.5) is 0 Å². The van der Waals surface area contributed by atoms with Crippen LogP contribution in [0.15, 0.2) is 0 Å². The summed E-state index contributed by atoms with van der Waals surface area (Å²) < 4.78 is 30.1. The molecule has 0 saturated carbocycles. The van der Waals surface area contributed by atoms with Crippen LogP contribution >= 0.6 is 0 Å². The SMILES string of the molecule is CCCCCCCCCCCCCCCCCC(=O)NC(CCS(=O)(=O)O)C(=O)O. The number of carboxylic acid groups (broad SMARTS) is 1. The summed E-state index contributed by atoms with van der Waals surface area (Å²) in [6.07, 6.45) is 18.4. The van der Waals surface area contributed by atoms with Crippen molar-refractivity contribution in [2.75, 3.05) is 5.75 Å². The van der Waals surface area contributed by atoms with Crippen molar-refractivity contribution in [3.8, 4) is 0 Å². The van der Waals surface area contributed by atoms with Crippen molar-refractivity contribution in [1.29, 1.82) is 0 Å². The van der Waals surface area contributed by atoms with Crippen LogP contribution < -0.4 is 5.32 Å². The van der Waals surface area contributed by atoms with Gasteiger partial charge in [0.05, 0.1) is 5.75 Å². The number of amides is 1. The first kappa shape index (κ1) is 28.9. The maximum Gasteiger partial charge on any atom is 0.326 e. The lowest BCUT2D eigenvalue weighted by Crippen LogP contribution is -2.41. The van der Waals surface area contributed by atoms with Gasteiger partial charge in [0.25, 0.3) is 10.1 Å². The molecule has 0 aromatic rings. The minimum Gasteiger partial charge on any atom is -0.480 e. The van der Waals surface area contributed by atoms with Gasteiger partial charge in [0, 0.05) is 6.42 Å². The topological polar surface area (TPSA) is 121 Å². The zero-order chi connectivity index (χ0) is 22.7. The summed E-state index contributed by atoms with van der Waals surface area (Å²) in [5.41, 5.74) is 0. The maximum atomic E-state index is 11.8. The third kappa shape index (κ3) is 20.1. The smallest absolute Gasteiger partial charge is 0.326 e. The first-order chi connectivity index (χ1) is 14.3. The Hall–Kier alpha value is -1.15. The monoisotopic (exact) mass is 449 g/mol. The number of carbonyl (C=O) groups is 2. The van der Waals surface area contributed by atoms with Crippen LogP contribution in [0.2, 0.25) is 0 Å². The van der Waals surface area contributed by atoms with E-state index in [1.807, 2.05) is 0 Å². The normalized spacial score (nSPS) is 12.6. The lowest BCUT2D eigenvalue weighted by Gasteiger charge is -2.13. The summed E-state index contributed by atoms with van der Waals surface area (Å²) in [5, 5.41) is 11.4. The van der Waals surface area contributed by atoms with Gasteiger partial charge in [0.15, 0.2) is 0 Å². The Balaban J connectivity index is 3.54. The third-order valence-corrected chi connectivity index (χ3v) is 6.06. The van der Waals surface area contributed by atoms with Crippen LogP contribution in [0, 0.1) is 0 Å². The molecule has 7 nitrogen and oxygen atoms in total. The van der Waals surface area contributed by atoms with E-state index in [2.05, 4.69) is 12.2 Å². The minimum absolute atomic E-state index is 0.230. The van der Waals surface area contributed by atoms with Gasteiger partial charge in [0.1, 0.15) is 6.04 Å². The highest BCUT2D eigenvalue weighted by molar-refractivity contribution is 7.85. The van der Waals surface area contributed by atoms with Crippen LogP contribution in [0.3, 0.4) is 0 Å². The van der Waals surface area contributed by atoms with Crippen molar-refractivity contribution in [1.82, 2.24) is 5.32 Å². The molecular formula is C22H43NO6S. The largest absolute Gasteiger partial charge is 0.480 e. The molecule has 8 heteroatoms. The molecule has 0 fully saturated rings. The Morgan fingerprint density at radius 3 is 1.53 bits per heavy atom. The fraction of sp³-hybridized carbons (Fsp3) is 0.909. The molecule has 0 radical (unpaired) electrons. The molecule has 0 saturated heterocycles. The fourth-order valence-electron chi connectivity index (χ4n) is 3.45. The highest BCUT2D eigenvalue weighted by Gasteiger charge is 2.21. The van der Waals surface area contributed by atoms with E-state index in [-0.39, 0.29) is 12.8 Å². The number of carboxylic acids is 1. The molecule has 1 unspecified atom stereocenters. The minimum atomic E-state index is -4.25. The molecule has 0 aromatic heterocycles. The second-order valence-electron chi connectivity index (χ2n) is 8.23. The Morgan fingerprint density at radius 2 is 1.17 bits per heavy atom. The van der Waals surface area contributed by atoms with Crippen LogP contribution in [-0.2, 0) is 19.7 Å². The Kier molecular flexibility index (Phi) is 17.9. The highest BCUT2D eigenvalue weighted by atomic mass is 32.2. The average Bonchev–Trinajstić information content (AvgIpc) is 2.67. The van der Waals surface area contributed by atoms with Gasteiger partial charge in [-0.1, -0.05) is 96.8 Å². The van der Waals surface area contributed by atoms with E-state index in [1.165, 1.54) is 70.6 Å². The van der Waals surface area contributed by atoms with Crippen LogP contribution in [0.1, 0.15) is 116 Å². The molecule has 0 aliphatic carbocycles. The Labute approximate surface area is 183 Å². The lowest BCUT2D eigenvalue weighted by atomic mass is 10.0. The lowest BCUT2D eigenvalue weighted by molar-refractivity contribution is -0.141. The average molecular weight is 450 g/mol. The highest BCUT2D eigenvalue weighted by Crippen LogP contribution is 2.13. The summed E-state index contributed by atoms with van der Waals surface area (Å²) >= 11 is 0. The molecule has 0 spiro atoms. The summed E-state index contributed by atoms with van der Waals surface area (Å²) in [6.45, 7) is 2.24. The van der Waals surface area contributed by atoms with Gasteiger partial charge in [-0.25, -0.2) is 4.79 Å². The molecule has 30 heavy (non-hydrogen) atoms. The predicted octanol–water partition coefficient (Wildman–Crippen LogP) is 5.10. The number of hydrogen-bond donors (Lipinski definition) is 3. The van der Waals surface area contributed by atoms with Crippen molar-refractivity contribution >= 4 is 22.0 Å². The number of rotatable bonds is 21. The molecular weight excluding hydrogens is 406 g/mol. The molecule has 0 heterocycles. The van der Waals surface area contributed by atoms with Gasteiger partial charge in [0.2, 0.25) is 5.91 Å². The van der Waals surface area contributed by atoms with E-state index in [0.717, 1.165) is 19.3 Å². The van der Waals surface area contributed by atoms with E-state index in [1.54, 1.807) is 0 Å². The quantitative estimate of drug-likeness (QED) is 0.166. The standard InChI is InChI=1S/C22H43NO6S/c1-2-3-4-5-6-7-8-9-10-11-12-13-14-15-16-17-21(24)23-20(22(25)26)18-19-30(27,28)29/h20H,2-19H2,1H3,(H,23,24)(H,25,26)(H,27,28,29). The molecule has 0 rings (SSSR count). The second kappa shape index (κ2) is 18.6. The van der Waals surface area contributed by atoms with E-state index in [9.17, 15) is 18.0 Å². The van der Waals surface area contributed by atoms with E-state index >= 15 is 0 Å². The van der Waals surface area contributed by atoms with Crippen molar-refractivity contribution < 1.29 is 27.7 Å². The summed E-state index contributed by atoms with van der Waals surface area (Å²) in [7, 11) is -4.25. The predicted molar refractivity (Wildman–Crippen MR) is 120 cm³/mol. The molecule has 0 bridgehead atoms. The van der Waals surface area contributed by atoms with Crippen molar-refractivity contribution in [2.24, 2.45) is 0 Å². The van der Waals surface area contributed by atoms with Crippen LogP contribution in [-0.4, -0.2) is 41.7 Å². The number of hydrogen-bond acceptors (Lipinski definition) is 4. The fourth-order valence-corrected chi connectivity index (χ4v) is 3.98. The van der Waals surface area contributed by atoms with Crippen LogP contribution in [0.5, 0.6) is 0 Å². The number of unbranched alkanes of at least 4 members (excludes halogenated alkanes) is 14. The summed E-state index contributed by atoms with van der Waals surface area (Å²) in [6, 6.07) is -1.30. The van der Waals surface area contributed by atoms with Gasteiger partial charge in [-0.15, -0.1) is 0 Å². The Bertz CT molecular complexity index is 550. The van der Waals surface area contributed by atoms with Gasteiger partial charge in [-0.2, -0.15) is 8.42 Å². The summed E-state index contributed by atoms with van der Waals surface area (Å²) in [5.74, 6) is -2.39. The number of aliphatic carboxylic acids is 1. The van der Waals surface area contributed by atoms with Gasteiger partial charge >= 0.3 is 5.97 Å². The van der Waals surface area contributed by atoms with Crippen molar-refractivity contribution in [3.05, 3.63) is 0 Å². The molecule has 0 aromatic carbocycles. The van der Waals surface area contributed by atoms with Crippen molar-refractivity contribution in [2.45, 2.75) is 122 Å². The summed E-state index contributed by atoms with van der Waals surface area (Å²) in [4.78, 5) is 22.9. The van der Waals surface area contributed by atoms with Crippen LogP contribution in [0.25, 0.3) is 0 Å². The third-order valence-electron chi connectivity index (χ3n) is 5.31. The van der Waals surface area contributed by atoms with E-state index < -0.39 is 33.8 Å². The first-order valence-electron chi connectivity index (χ1n) is 11.7. The second-order valence-corrected chi connectivity index (χ2v) is 9.80. The zero-order valence-electron chi connectivity index (χ0n) is 18.7. The van der Waals surface area contributed by atoms with E-state index in [0.29, 0.717) is 6.42 Å². The number of carbonyl (C=O) groups excluding carboxylic acids is 1. The molecule has 1 amide bonds. The van der Waals surface area contributed by atoms with Crippen molar-refractivity contribution in [3.63, 3.8) is 0 Å². The van der Waals surface area contributed by atoms with E-state index in [4.69, 9.17) is 9.66 Å². The molecule has 3 N–H and O–H groups in total. The maximum absolute atomic E-state index is 11.8. The zero-order valence-corrected chi connectivity index (χ0v) is 19.6. The Morgan fingerprint density at radius 1 is 0.767 bits per heavy atom. The first-order valence-corrected chi connectivity index (χ1v) is 13.3. The molecule has 178 valence electrons. The molecule has 0 aliphatic rings. The molecule has 1 atom stereocenters. The van der Waals surface area contributed by atoms with Gasteiger partial charge in [-0.3, -0.25) is 9.35 Å². The van der Waals surface area contributed by atoms with Gasteiger partial charge in [-0.05, 0) is 12.8 Å².